The molecular formula is C24H16F4N6O. The molecule has 0 radical (unpaired) electrons. The van der Waals surface area contributed by atoms with Crippen LogP contribution in [0.5, 0.6) is 0 Å². The zero-order valence-electron chi connectivity index (χ0n) is 17.9. The van der Waals surface area contributed by atoms with Crippen LogP contribution < -0.4 is 5.32 Å². The lowest BCUT2D eigenvalue weighted by molar-refractivity contribution is -0.123. The third-order valence-corrected chi connectivity index (χ3v) is 5.35. The molecule has 35 heavy (non-hydrogen) atoms. The van der Waals surface area contributed by atoms with E-state index in [9.17, 15) is 22.4 Å². The highest BCUT2D eigenvalue weighted by molar-refractivity contribution is 5.95. The number of hydrogen-bond acceptors (Lipinski definition) is 5. The topological polar surface area (TPSA) is 85.6 Å². The molecule has 5 aromatic rings. The molecule has 0 aliphatic heterocycles. The van der Waals surface area contributed by atoms with E-state index in [0.717, 1.165) is 28.6 Å². The van der Waals surface area contributed by atoms with Crippen molar-refractivity contribution in [2.24, 2.45) is 0 Å². The number of aromatic nitrogens is 5. The molecule has 1 amide bonds. The summed E-state index contributed by atoms with van der Waals surface area (Å²) in [5, 5.41) is 11.0. The zero-order chi connectivity index (χ0) is 24.6. The highest BCUT2D eigenvalue weighted by atomic mass is 19.4. The van der Waals surface area contributed by atoms with Gasteiger partial charge in [0.05, 0.1) is 23.3 Å². The molecule has 11 heteroatoms. The summed E-state index contributed by atoms with van der Waals surface area (Å²) < 4.78 is 53.2. The molecular weight excluding hydrogens is 464 g/mol. The molecule has 0 spiro atoms. The van der Waals surface area contributed by atoms with E-state index in [0.29, 0.717) is 29.0 Å². The number of rotatable bonds is 5. The molecule has 1 N–H and O–H groups in total. The number of pyridine rings is 2. The number of benzene rings is 2. The second kappa shape index (κ2) is 8.75. The van der Waals surface area contributed by atoms with Crippen molar-refractivity contribution in [2.45, 2.75) is 12.7 Å². The molecule has 3 heterocycles. The maximum absolute atomic E-state index is 14.6. The van der Waals surface area contributed by atoms with Gasteiger partial charge in [-0.25, -0.2) is 14.1 Å². The van der Waals surface area contributed by atoms with Crippen LogP contribution in [0.1, 0.15) is 15.9 Å². The van der Waals surface area contributed by atoms with E-state index in [2.05, 4.69) is 20.3 Å². The van der Waals surface area contributed by atoms with Gasteiger partial charge in [0.1, 0.15) is 17.9 Å². The first kappa shape index (κ1) is 22.4. The van der Waals surface area contributed by atoms with Crippen LogP contribution in [0.15, 0.2) is 66.9 Å². The predicted octanol–water partition coefficient (Wildman–Crippen LogP) is 4.52. The molecule has 0 aliphatic carbocycles. The minimum atomic E-state index is -4.59. The molecule has 0 aliphatic rings. The Kier molecular flexibility index (Phi) is 5.59. The average molecular weight is 480 g/mol. The molecule has 0 atom stereocenters. The lowest BCUT2D eigenvalue weighted by Gasteiger charge is -2.10. The van der Waals surface area contributed by atoms with E-state index in [1.54, 1.807) is 28.3 Å². The number of alkyl halides is 3. The van der Waals surface area contributed by atoms with Gasteiger partial charge in [-0.2, -0.15) is 13.2 Å². The monoisotopic (exact) mass is 480 g/mol. The number of amides is 1. The molecule has 3 aromatic heterocycles. The highest BCUT2D eigenvalue weighted by Crippen LogP contribution is 2.24. The summed E-state index contributed by atoms with van der Waals surface area (Å²) in [6.07, 6.45) is -2.88. The van der Waals surface area contributed by atoms with Crippen molar-refractivity contribution in [1.29, 1.82) is 0 Å². The molecule has 0 saturated carbocycles. The van der Waals surface area contributed by atoms with Gasteiger partial charge in [-0.3, -0.25) is 9.78 Å². The number of hydrogen-bond donors (Lipinski definition) is 1. The zero-order valence-corrected chi connectivity index (χ0v) is 17.9. The van der Waals surface area contributed by atoms with Crippen LogP contribution in [0.3, 0.4) is 0 Å². The van der Waals surface area contributed by atoms with Gasteiger partial charge in [-0.15, -0.1) is 5.10 Å². The first-order valence-corrected chi connectivity index (χ1v) is 10.5. The fourth-order valence-electron chi connectivity index (χ4n) is 3.71. The Morgan fingerprint density at radius 3 is 2.66 bits per heavy atom. The minimum Gasteiger partial charge on any atom is -0.343 e. The molecule has 176 valence electrons. The van der Waals surface area contributed by atoms with Crippen LogP contribution in [-0.4, -0.2) is 43.6 Å². The lowest BCUT2D eigenvalue weighted by atomic mass is 10.1. The number of fused-ring (bicyclic) bond motifs is 2. The number of halogens is 4. The largest absolute Gasteiger partial charge is 0.405 e. The van der Waals surface area contributed by atoms with Crippen molar-refractivity contribution in [3.8, 4) is 11.3 Å². The third kappa shape index (κ3) is 4.65. The van der Waals surface area contributed by atoms with Gasteiger partial charge in [0.15, 0.2) is 5.65 Å². The van der Waals surface area contributed by atoms with Crippen molar-refractivity contribution < 1.29 is 22.4 Å². The SMILES string of the molecule is O=C(NCC(F)(F)F)c1ccc(-c2ccc3nnn(Cc4cccc5cccnc45)c3n2)cc1F. The average Bonchev–Trinajstić information content (AvgIpc) is 3.24. The second-order valence-corrected chi connectivity index (χ2v) is 7.77. The smallest absolute Gasteiger partial charge is 0.343 e. The van der Waals surface area contributed by atoms with Crippen molar-refractivity contribution in [2.75, 3.05) is 6.54 Å². The van der Waals surface area contributed by atoms with Crippen molar-refractivity contribution in [3.05, 3.63) is 83.8 Å². The lowest BCUT2D eigenvalue weighted by Crippen LogP contribution is -2.34. The molecule has 0 saturated heterocycles. The highest BCUT2D eigenvalue weighted by Gasteiger charge is 2.28. The third-order valence-electron chi connectivity index (χ3n) is 5.35. The number of carbonyl (C=O) groups excluding carboxylic acids is 1. The van der Waals surface area contributed by atoms with Gasteiger partial charge in [0, 0.05) is 17.1 Å². The van der Waals surface area contributed by atoms with E-state index in [4.69, 9.17) is 0 Å². The van der Waals surface area contributed by atoms with Crippen molar-refractivity contribution >= 4 is 28.0 Å². The summed E-state index contributed by atoms with van der Waals surface area (Å²) in [4.78, 5) is 20.9. The van der Waals surface area contributed by atoms with E-state index in [-0.39, 0.29) is 0 Å². The molecule has 5 rings (SSSR count). The van der Waals surface area contributed by atoms with Gasteiger partial charge in [-0.1, -0.05) is 35.5 Å². The normalized spacial score (nSPS) is 11.8. The van der Waals surface area contributed by atoms with Gasteiger partial charge in [-0.05, 0) is 35.9 Å². The van der Waals surface area contributed by atoms with E-state index in [1.165, 1.54) is 6.07 Å². The Morgan fingerprint density at radius 2 is 1.86 bits per heavy atom. The standard InChI is InChI=1S/C24H16F4N6O/c25-18-11-15(6-7-17(18)23(35)30-13-24(26,27)28)19-8-9-20-22(31-19)34(33-32-20)12-16-4-1-3-14-5-2-10-29-21(14)16/h1-11H,12-13H2,(H,30,35). The van der Waals surface area contributed by atoms with Gasteiger partial charge in [0.2, 0.25) is 0 Å². The Hall–Kier alpha value is -4.41. The number of nitrogens with zero attached hydrogens (tertiary/aromatic N) is 5. The molecule has 0 unspecified atom stereocenters. The molecule has 0 fully saturated rings. The maximum atomic E-state index is 14.6. The Bertz CT molecular complexity index is 1560. The quantitative estimate of drug-likeness (QED) is 0.374. The second-order valence-electron chi connectivity index (χ2n) is 7.77. The van der Waals surface area contributed by atoms with Crippen LogP contribution in [0, 0.1) is 5.82 Å². The molecule has 2 aromatic carbocycles. The fourth-order valence-corrected chi connectivity index (χ4v) is 3.71. The van der Waals surface area contributed by atoms with E-state index in [1.807, 2.05) is 30.3 Å². The van der Waals surface area contributed by atoms with Crippen molar-refractivity contribution in [1.82, 2.24) is 30.3 Å². The van der Waals surface area contributed by atoms with Crippen LogP contribution >= 0.6 is 0 Å². The van der Waals surface area contributed by atoms with Crippen LogP contribution in [0.4, 0.5) is 17.6 Å². The van der Waals surface area contributed by atoms with Gasteiger partial charge in [0.25, 0.3) is 5.91 Å². The number of carbonyl (C=O) groups is 1. The number of para-hydroxylation sites is 1. The Morgan fingerprint density at radius 1 is 1.03 bits per heavy atom. The van der Waals surface area contributed by atoms with Gasteiger partial charge < -0.3 is 5.32 Å². The predicted molar refractivity (Wildman–Crippen MR) is 120 cm³/mol. The van der Waals surface area contributed by atoms with E-state index >= 15 is 0 Å². The van der Waals surface area contributed by atoms with Crippen LogP contribution in [0.25, 0.3) is 33.3 Å². The van der Waals surface area contributed by atoms with Crippen molar-refractivity contribution in [3.63, 3.8) is 0 Å². The summed E-state index contributed by atoms with van der Waals surface area (Å²) in [7, 11) is 0. The summed E-state index contributed by atoms with van der Waals surface area (Å²) in [5.74, 6) is -2.11. The Labute approximate surface area is 195 Å². The first-order valence-electron chi connectivity index (χ1n) is 10.5. The van der Waals surface area contributed by atoms with Gasteiger partial charge >= 0.3 is 6.18 Å². The molecule has 0 bridgehead atoms. The Balaban J connectivity index is 1.45. The fraction of sp³-hybridized carbons (Fsp3) is 0.125. The summed E-state index contributed by atoms with van der Waals surface area (Å²) in [6, 6.07) is 16.5. The molecule has 7 nitrogen and oxygen atoms in total. The minimum absolute atomic E-state index is 0.344. The maximum Gasteiger partial charge on any atom is 0.405 e. The number of nitrogens with one attached hydrogen (secondary N) is 1. The van der Waals surface area contributed by atoms with E-state index < -0.39 is 30.0 Å². The summed E-state index contributed by atoms with van der Waals surface area (Å²) in [5.41, 5.74) is 2.98. The van der Waals surface area contributed by atoms with Crippen LogP contribution in [0.2, 0.25) is 0 Å². The summed E-state index contributed by atoms with van der Waals surface area (Å²) >= 11 is 0. The summed E-state index contributed by atoms with van der Waals surface area (Å²) in [6.45, 7) is -1.19. The first-order chi connectivity index (χ1) is 16.8. The van der Waals surface area contributed by atoms with Crippen LogP contribution in [-0.2, 0) is 6.54 Å².